The maximum atomic E-state index is 13.6. The van der Waals surface area contributed by atoms with Crippen LogP contribution in [-0.2, 0) is 25.2 Å². The molecule has 0 saturated carbocycles. The van der Waals surface area contributed by atoms with Gasteiger partial charge in [0.2, 0.25) is 6.04 Å². The molecule has 2 amide bonds. The molecule has 0 fully saturated rings. The van der Waals surface area contributed by atoms with Crippen molar-refractivity contribution in [3.8, 4) is 11.5 Å². The Hall–Kier alpha value is -6.04. The van der Waals surface area contributed by atoms with Crippen LogP contribution >= 0.6 is 58.0 Å². The second-order valence-corrected chi connectivity index (χ2v) is 14.7. The van der Waals surface area contributed by atoms with Gasteiger partial charge < -0.3 is 24.8 Å². The van der Waals surface area contributed by atoms with Crippen LogP contribution in [0.1, 0.15) is 28.4 Å². The summed E-state index contributed by atoms with van der Waals surface area (Å²) in [5, 5.41) is 21.9. The number of nitrogens with one attached hydrogen (secondary N) is 2. The van der Waals surface area contributed by atoms with E-state index in [1.54, 1.807) is 13.0 Å². The number of carbonyl (C=O) groups is 3. The largest absolute Gasteiger partial charge is 0.499 e. The van der Waals surface area contributed by atoms with E-state index in [-0.39, 0.29) is 60.8 Å². The molecule has 0 saturated heterocycles. The molecule has 0 radical (unpaired) electrons. The summed E-state index contributed by atoms with van der Waals surface area (Å²) in [7, 11) is 1.31. The van der Waals surface area contributed by atoms with Crippen LogP contribution in [0.3, 0.4) is 0 Å². The lowest BCUT2D eigenvalue weighted by molar-refractivity contribution is -0.137. The summed E-state index contributed by atoms with van der Waals surface area (Å²) in [6.07, 6.45) is -2.63. The van der Waals surface area contributed by atoms with E-state index >= 15 is 0 Å². The van der Waals surface area contributed by atoms with Gasteiger partial charge in [-0.05, 0) is 110 Å². The summed E-state index contributed by atoms with van der Waals surface area (Å²) < 4.78 is 57.1. The molecule has 320 valence electrons. The van der Waals surface area contributed by atoms with Gasteiger partial charge in [-0.1, -0.05) is 58.0 Å². The Kier molecular flexibility index (Phi) is 16.0. The third kappa shape index (κ3) is 13.0. The number of carbonyl (C=O) groups excluding carboxylic acids is 3. The number of aliphatic imine (C=N–C) groups is 1. The topological polar surface area (TPSA) is 165 Å². The normalized spacial score (nSPS) is 12.5. The van der Waals surface area contributed by atoms with Gasteiger partial charge in [-0.3, -0.25) is 14.4 Å². The molecule has 0 aliphatic heterocycles. The number of ether oxygens (including phenoxy) is 3. The Morgan fingerprint density at radius 1 is 0.742 bits per heavy atom. The molecule has 2 N–H and O–H groups in total. The third-order valence-corrected chi connectivity index (χ3v) is 9.45. The van der Waals surface area contributed by atoms with Crippen LogP contribution in [0.15, 0.2) is 129 Å². The van der Waals surface area contributed by atoms with Gasteiger partial charge >= 0.3 is 6.18 Å². The maximum absolute atomic E-state index is 13.6. The molecule has 13 nitrogen and oxygen atoms in total. The summed E-state index contributed by atoms with van der Waals surface area (Å²) in [6, 6.07) is 18.5. The van der Waals surface area contributed by atoms with E-state index in [0.717, 1.165) is 30.9 Å². The number of anilines is 2. The van der Waals surface area contributed by atoms with E-state index in [4.69, 9.17) is 72.2 Å². The van der Waals surface area contributed by atoms with E-state index in [9.17, 15) is 27.6 Å². The van der Waals surface area contributed by atoms with Crippen LogP contribution in [-0.4, -0.2) is 37.1 Å². The van der Waals surface area contributed by atoms with E-state index in [0.29, 0.717) is 21.3 Å². The van der Waals surface area contributed by atoms with Crippen molar-refractivity contribution in [2.75, 3.05) is 17.7 Å². The van der Waals surface area contributed by atoms with Gasteiger partial charge in [0.25, 0.3) is 17.7 Å². The minimum atomic E-state index is -4.71. The van der Waals surface area contributed by atoms with Gasteiger partial charge in [-0.2, -0.15) is 23.4 Å². The number of benzene rings is 5. The molecule has 0 heterocycles. The van der Waals surface area contributed by atoms with Crippen LogP contribution < -0.4 is 15.4 Å². The monoisotopic (exact) mass is 947 g/mol. The smallest absolute Gasteiger partial charge is 0.416 e. The first kappa shape index (κ1) is 47.0. The highest BCUT2D eigenvalue weighted by Crippen LogP contribution is 2.38. The van der Waals surface area contributed by atoms with Crippen molar-refractivity contribution < 1.29 is 41.8 Å². The van der Waals surface area contributed by atoms with Crippen molar-refractivity contribution in [2.24, 2.45) is 25.4 Å². The number of rotatable bonds is 15. The Labute approximate surface area is 376 Å². The number of ketones is 1. The molecule has 0 spiro atoms. The number of hydrogen-bond acceptors (Lipinski definition) is 11. The standard InChI is InChI=1S/C41H29Cl5F3N7O6/c1-21-14-32(51-40(59)38(22(2)57)56-54-34-17-26(43)8-12-29(34)45)30(46)18-31(21)50-20-61-37(19-60-3)55-53-33-15-23(4-11-28(33)44)39(58)52-35-16-24(41(47,48)49)5-13-36(35)62-27-9-6-25(42)7-10-27/h4-20,38H,1-3H3,(H,51,59)(H,52,58). The fourth-order valence-corrected chi connectivity index (χ4v) is 5.78. The minimum absolute atomic E-state index is 0.0226. The molecular weight excluding hydrogens is 921 g/mol. The minimum Gasteiger partial charge on any atom is -0.499 e. The lowest BCUT2D eigenvalue weighted by Crippen LogP contribution is -2.32. The summed E-state index contributed by atoms with van der Waals surface area (Å²) in [5.74, 6) is -2.28. The molecule has 62 heavy (non-hydrogen) atoms. The predicted octanol–water partition coefficient (Wildman–Crippen LogP) is 13.9. The number of alkyl halides is 3. The van der Waals surface area contributed by atoms with Crippen molar-refractivity contribution >= 4 is 110 Å². The highest BCUT2D eigenvalue weighted by atomic mass is 35.5. The summed E-state index contributed by atoms with van der Waals surface area (Å²) in [6.45, 7) is 2.84. The summed E-state index contributed by atoms with van der Waals surface area (Å²) in [4.78, 5) is 43.0. The highest BCUT2D eigenvalue weighted by Gasteiger charge is 2.32. The average molecular weight is 950 g/mol. The van der Waals surface area contributed by atoms with E-state index in [1.807, 2.05) is 0 Å². The molecular formula is C41H29Cl5F3N7O6. The van der Waals surface area contributed by atoms with Gasteiger partial charge in [-0.25, -0.2) is 4.99 Å². The summed E-state index contributed by atoms with van der Waals surface area (Å²) >= 11 is 30.8. The van der Waals surface area contributed by atoms with E-state index < -0.39 is 35.4 Å². The van der Waals surface area contributed by atoms with Gasteiger partial charge in [0, 0.05) is 15.6 Å². The van der Waals surface area contributed by atoms with Crippen LogP contribution in [0.4, 0.5) is 41.6 Å². The van der Waals surface area contributed by atoms with Crippen molar-refractivity contribution in [3.05, 3.63) is 145 Å². The first-order valence-electron chi connectivity index (χ1n) is 17.5. The molecule has 1 unspecified atom stereocenters. The number of nitrogens with zero attached hydrogens (tertiary/aromatic N) is 5. The van der Waals surface area contributed by atoms with E-state index in [1.165, 1.54) is 80.8 Å². The maximum Gasteiger partial charge on any atom is 0.416 e. The van der Waals surface area contributed by atoms with Crippen molar-refractivity contribution in [3.63, 3.8) is 0 Å². The lowest BCUT2D eigenvalue weighted by Gasteiger charge is -2.15. The first-order chi connectivity index (χ1) is 29.4. The van der Waals surface area contributed by atoms with Gasteiger partial charge in [0.1, 0.15) is 23.4 Å². The average Bonchev–Trinajstić information content (AvgIpc) is 3.21. The van der Waals surface area contributed by atoms with E-state index in [2.05, 4.69) is 36.1 Å². The van der Waals surface area contributed by atoms with Crippen molar-refractivity contribution in [1.82, 2.24) is 0 Å². The van der Waals surface area contributed by atoms with Crippen LogP contribution in [0.2, 0.25) is 25.1 Å². The molecule has 1 atom stereocenters. The molecule has 0 bridgehead atoms. The number of halogens is 8. The lowest BCUT2D eigenvalue weighted by atomic mass is 10.1. The van der Waals surface area contributed by atoms with Crippen molar-refractivity contribution in [2.45, 2.75) is 26.1 Å². The zero-order valence-electron chi connectivity index (χ0n) is 32.1. The Morgan fingerprint density at radius 3 is 2.10 bits per heavy atom. The number of methoxy groups -OCH3 is 1. The Morgan fingerprint density at radius 2 is 1.42 bits per heavy atom. The Balaban J connectivity index is 1.28. The quantitative estimate of drug-likeness (QED) is 0.0349. The molecule has 5 aromatic carbocycles. The molecule has 0 aromatic heterocycles. The highest BCUT2D eigenvalue weighted by molar-refractivity contribution is 6.35. The predicted molar refractivity (Wildman–Crippen MR) is 231 cm³/mol. The van der Waals surface area contributed by atoms with Gasteiger partial charge in [0.05, 0.1) is 44.8 Å². The third-order valence-electron chi connectivity index (χ3n) is 8.01. The fourth-order valence-electron chi connectivity index (χ4n) is 4.97. The van der Waals surface area contributed by atoms with Gasteiger partial charge in [0.15, 0.2) is 17.9 Å². The SMILES string of the molecule is COC=C(N=Nc1cc(C(=O)Nc2cc(C(F)(F)F)ccc2Oc2ccc(Cl)cc2)ccc1Cl)OC=Nc1cc(Cl)c(NC(=O)C(N=Nc2cc(Cl)ccc2Cl)C(C)=O)cc1C. The van der Waals surface area contributed by atoms with Crippen molar-refractivity contribution in [1.29, 1.82) is 0 Å². The van der Waals surface area contributed by atoms with Crippen LogP contribution in [0.5, 0.6) is 11.5 Å². The zero-order chi connectivity index (χ0) is 45.1. The fraction of sp³-hybridized carbons (Fsp3) is 0.122. The number of azo groups is 2. The molecule has 21 heteroatoms. The second-order valence-electron chi connectivity index (χ2n) is 12.6. The number of amides is 2. The summed E-state index contributed by atoms with van der Waals surface area (Å²) in [5.41, 5.74) is -0.221. The zero-order valence-corrected chi connectivity index (χ0v) is 35.9. The molecule has 0 aliphatic rings. The molecule has 5 rings (SSSR count). The molecule has 5 aromatic rings. The van der Waals surface area contributed by atoms with Crippen LogP contribution in [0, 0.1) is 6.92 Å². The number of aryl methyl sites for hydroxylation is 1. The van der Waals surface area contributed by atoms with Crippen LogP contribution in [0.25, 0.3) is 0 Å². The van der Waals surface area contributed by atoms with Gasteiger partial charge in [-0.15, -0.1) is 10.2 Å². The Bertz CT molecular complexity index is 2630. The number of hydrogen-bond donors (Lipinski definition) is 2. The molecule has 0 aliphatic carbocycles. The second kappa shape index (κ2) is 21.2. The first-order valence-corrected chi connectivity index (χ1v) is 19.4. The number of Topliss-reactive ketones (excluding diaryl/α,β-unsaturated/α-hetero) is 1.